The third kappa shape index (κ3) is 9.70. The first-order valence-corrected chi connectivity index (χ1v) is 23.7. The SMILES string of the molecule is CC1(C)CCC(CN2CCN(c3ccc(C(=O)NS(=O)(=O)c4cc5c(c([N+](=O)[O-])c4)O[C@@H](CN4CCCCC4)CO5)c(Oc4cnc5[nH]ccc5c4)c3)CC2)=C(c2ccc(Cl)cc2)C1. The number of likely N-dealkylation sites (tertiary alicyclic amines) is 1. The summed E-state index contributed by atoms with van der Waals surface area (Å²) in [6.07, 6.45) is 9.29. The van der Waals surface area contributed by atoms with Crippen molar-refractivity contribution < 1.29 is 32.3 Å². The lowest BCUT2D eigenvalue weighted by molar-refractivity contribution is -0.386. The van der Waals surface area contributed by atoms with Crippen LogP contribution < -0.4 is 23.8 Å². The molecule has 2 N–H and O–H groups in total. The monoisotopic (exact) mass is 909 g/mol. The number of aromatic nitrogens is 2. The predicted molar refractivity (Wildman–Crippen MR) is 245 cm³/mol. The molecule has 15 nitrogen and oxygen atoms in total. The molecule has 1 aliphatic carbocycles. The van der Waals surface area contributed by atoms with Crippen LogP contribution in [0.1, 0.15) is 68.3 Å². The van der Waals surface area contributed by atoms with E-state index in [9.17, 15) is 23.3 Å². The average molecular weight is 910 g/mol. The Labute approximate surface area is 377 Å². The topological polar surface area (TPSA) is 172 Å². The van der Waals surface area contributed by atoms with Gasteiger partial charge < -0.3 is 24.1 Å². The van der Waals surface area contributed by atoms with Crippen LogP contribution in [-0.4, -0.2) is 104 Å². The van der Waals surface area contributed by atoms with Gasteiger partial charge in [-0.25, -0.2) is 18.1 Å². The third-order valence-electron chi connectivity index (χ3n) is 12.7. The highest BCUT2D eigenvalue weighted by molar-refractivity contribution is 7.90. The van der Waals surface area contributed by atoms with E-state index < -0.39 is 37.5 Å². The van der Waals surface area contributed by atoms with Gasteiger partial charge in [-0.05, 0) is 98.1 Å². The summed E-state index contributed by atoms with van der Waals surface area (Å²) in [6.45, 7) is 11.0. The van der Waals surface area contributed by atoms with E-state index in [1.54, 1.807) is 24.4 Å². The Morgan fingerprint density at radius 2 is 1.78 bits per heavy atom. The van der Waals surface area contributed by atoms with E-state index in [-0.39, 0.29) is 34.8 Å². The Morgan fingerprint density at radius 3 is 2.55 bits per heavy atom. The number of nitro groups is 1. The summed E-state index contributed by atoms with van der Waals surface area (Å²) < 4.78 is 48.2. The van der Waals surface area contributed by atoms with Crippen molar-refractivity contribution in [3.05, 3.63) is 111 Å². The predicted octanol–water partition coefficient (Wildman–Crippen LogP) is 8.45. The molecule has 0 spiro atoms. The van der Waals surface area contributed by atoms with Crippen LogP contribution in [-0.2, 0) is 10.0 Å². The van der Waals surface area contributed by atoms with Crippen LogP contribution in [0, 0.1) is 15.5 Å². The molecule has 3 aromatic carbocycles. The lowest BCUT2D eigenvalue weighted by Crippen LogP contribution is -2.47. The van der Waals surface area contributed by atoms with Gasteiger partial charge in [0.1, 0.15) is 29.9 Å². The molecule has 0 bridgehead atoms. The summed E-state index contributed by atoms with van der Waals surface area (Å²) in [7, 11) is -4.67. The first kappa shape index (κ1) is 43.6. The molecule has 2 saturated heterocycles. The molecule has 3 aliphatic heterocycles. The van der Waals surface area contributed by atoms with E-state index in [2.05, 4.69) is 55.4 Å². The molecule has 1 atom stereocenters. The number of ether oxygens (including phenoxy) is 3. The number of benzene rings is 3. The number of nitro benzene ring substituents is 1. The van der Waals surface area contributed by atoms with Gasteiger partial charge in [-0.2, -0.15) is 0 Å². The van der Waals surface area contributed by atoms with Crippen molar-refractivity contribution in [2.75, 3.05) is 63.9 Å². The van der Waals surface area contributed by atoms with Crippen molar-refractivity contribution in [1.82, 2.24) is 24.5 Å². The molecule has 4 aliphatic rings. The summed E-state index contributed by atoms with van der Waals surface area (Å²) in [4.78, 5) is 39.5. The Morgan fingerprint density at radius 1 is 1.00 bits per heavy atom. The molecular weight excluding hydrogens is 858 g/mol. The van der Waals surface area contributed by atoms with Gasteiger partial charge >= 0.3 is 5.69 Å². The van der Waals surface area contributed by atoms with Gasteiger partial charge in [-0.1, -0.05) is 49.6 Å². The number of hydrogen-bond acceptors (Lipinski definition) is 12. The van der Waals surface area contributed by atoms with Gasteiger partial charge in [-0.3, -0.25) is 24.7 Å². The quantitative estimate of drug-likeness (QED) is 0.0905. The van der Waals surface area contributed by atoms with E-state index in [0.717, 1.165) is 99.5 Å². The number of allylic oxidation sites excluding steroid dienone is 1. The Hall–Kier alpha value is -5.68. The highest BCUT2D eigenvalue weighted by Crippen LogP contribution is 2.45. The number of H-pyrrole nitrogens is 1. The number of anilines is 1. The number of amides is 1. The van der Waals surface area contributed by atoms with Crippen molar-refractivity contribution in [2.45, 2.75) is 63.4 Å². The maximum Gasteiger partial charge on any atom is 0.316 e. The van der Waals surface area contributed by atoms with Crippen LogP contribution in [0.3, 0.4) is 0 Å². The van der Waals surface area contributed by atoms with Crippen LogP contribution in [0.25, 0.3) is 16.6 Å². The maximum absolute atomic E-state index is 14.0. The molecule has 5 aromatic rings. The fourth-order valence-electron chi connectivity index (χ4n) is 9.20. The first-order chi connectivity index (χ1) is 30.8. The number of pyridine rings is 1. The molecule has 0 saturated carbocycles. The number of sulfonamides is 1. The zero-order chi connectivity index (χ0) is 44.6. The second-order valence-corrected chi connectivity index (χ2v) is 20.1. The summed E-state index contributed by atoms with van der Waals surface area (Å²) >= 11 is 6.25. The van der Waals surface area contributed by atoms with Gasteiger partial charge in [0.2, 0.25) is 5.75 Å². The van der Waals surface area contributed by atoms with Crippen molar-refractivity contribution in [3.8, 4) is 23.0 Å². The smallest absolute Gasteiger partial charge is 0.316 e. The summed E-state index contributed by atoms with van der Waals surface area (Å²) in [5.41, 5.74) is 5.14. The minimum Gasteiger partial charge on any atom is -0.485 e. The fourth-order valence-corrected chi connectivity index (χ4v) is 10.3. The van der Waals surface area contributed by atoms with Gasteiger partial charge in [0, 0.05) is 79.8 Å². The van der Waals surface area contributed by atoms with Crippen molar-refractivity contribution in [1.29, 1.82) is 0 Å². The van der Waals surface area contributed by atoms with E-state index >= 15 is 0 Å². The lowest BCUT2D eigenvalue weighted by atomic mass is 9.72. The van der Waals surface area contributed by atoms with Gasteiger partial charge in [0.05, 0.1) is 21.6 Å². The zero-order valence-corrected chi connectivity index (χ0v) is 37.6. The number of carbonyl (C=O) groups is 1. The Kier molecular flexibility index (Phi) is 12.3. The Balaban J connectivity index is 0.938. The van der Waals surface area contributed by atoms with Gasteiger partial charge in [0.25, 0.3) is 15.9 Å². The summed E-state index contributed by atoms with van der Waals surface area (Å²) in [5, 5.41) is 13.8. The lowest BCUT2D eigenvalue weighted by Gasteiger charge is -2.39. The number of nitrogens with zero attached hydrogens (tertiary/aromatic N) is 5. The molecule has 5 heterocycles. The maximum atomic E-state index is 14.0. The average Bonchev–Trinajstić information content (AvgIpc) is 3.75. The number of rotatable bonds is 12. The zero-order valence-electron chi connectivity index (χ0n) is 36.0. The highest BCUT2D eigenvalue weighted by atomic mass is 35.5. The van der Waals surface area contributed by atoms with E-state index in [4.69, 9.17) is 25.8 Å². The third-order valence-corrected chi connectivity index (χ3v) is 14.3. The molecule has 2 aromatic heterocycles. The number of nitrogens with one attached hydrogen (secondary N) is 2. The largest absolute Gasteiger partial charge is 0.485 e. The van der Waals surface area contributed by atoms with Crippen LogP contribution >= 0.6 is 11.6 Å². The molecule has 17 heteroatoms. The highest BCUT2D eigenvalue weighted by Gasteiger charge is 2.35. The minimum absolute atomic E-state index is 0.0605. The number of hydrogen-bond donors (Lipinski definition) is 2. The van der Waals surface area contributed by atoms with Crippen LogP contribution in [0.5, 0.6) is 23.0 Å². The van der Waals surface area contributed by atoms with Crippen LogP contribution in [0.15, 0.2) is 89.6 Å². The van der Waals surface area contributed by atoms with Crippen molar-refractivity contribution in [2.24, 2.45) is 5.41 Å². The molecule has 1 amide bonds. The summed E-state index contributed by atoms with van der Waals surface area (Å²) in [6, 6.07) is 18.9. The van der Waals surface area contributed by atoms with Crippen molar-refractivity contribution >= 4 is 55.5 Å². The van der Waals surface area contributed by atoms with Gasteiger partial charge in [-0.15, -0.1) is 0 Å². The van der Waals surface area contributed by atoms with Gasteiger partial charge in [0.15, 0.2) is 5.75 Å². The van der Waals surface area contributed by atoms with E-state index in [1.807, 2.05) is 18.2 Å². The standard InChI is InChI=1S/C47H52ClN7O8S/c1-47(2)14-12-33(40(26-47)31-6-8-34(48)9-7-31)28-53-18-20-54(21-19-53)35-10-11-39(42(23-35)62-36-22-32-13-15-49-45(32)50-27-36)46(56)51-64(59,60)38-24-41(55(57)58)44-43(25-38)61-30-37(63-44)29-52-16-4-3-5-17-52/h6-11,13,15,22-25,27,37H,3-5,12,14,16-21,26,28-30H2,1-2H3,(H,49,50)(H,51,56)/t37-/m0/s1. The Bertz CT molecular complexity index is 2710. The molecule has 0 unspecified atom stereocenters. The molecule has 336 valence electrons. The molecular formula is C47H52ClN7O8S. The minimum atomic E-state index is -4.67. The molecule has 9 rings (SSSR count). The van der Waals surface area contributed by atoms with Crippen LogP contribution in [0.4, 0.5) is 11.4 Å². The van der Waals surface area contributed by atoms with Crippen LogP contribution in [0.2, 0.25) is 5.02 Å². The molecule has 64 heavy (non-hydrogen) atoms. The first-order valence-electron chi connectivity index (χ1n) is 21.9. The summed E-state index contributed by atoms with van der Waals surface area (Å²) in [5.74, 6) is -0.755. The molecule has 0 radical (unpaired) electrons. The number of fused-ring (bicyclic) bond motifs is 2. The molecule has 2 fully saturated rings. The number of carbonyl (C=O) groups excluding carboxylic acids is 1. The number of piperazine rings is 1. The fraction of sp³-hybridized carbons (Fsp3) is 0.404. The number of aromatic amines is 1. The second-order valence-electron chi connectivity index (χ2n) is 17.9. The number of piperidine rings is 1. The van der Waals surface area contributed by atoms with E-state index in [0.29, 0.717) is 31.0 Å². The normalized spacial score (nSPS) is 19.4. The van der Waals surface area contributed by atoms with E-state index in [1.165, 1.54) is 29.0 Å². The van der Waals surface area contributed by atoms with Crippen molar-refractivity contribution in [3.63, 3.8) is 0 Å². The second kappa shape index (κ2) is 18.1. The number of halogens is 1.